The summed E-state index contributed by atoms with van der Waals surface area (Å²) in [4.78, 5) is 2.05. The fourth-order valence-electron chi connectivity index (χ4n) is 1.40. The van der Waals surface area contributed by atoms with Crippen LogP contribution in [0, 0.1) is 11.8 Å². The third kappa shape index (κ3) is 9.58. The molecule has 0 aliphatic rings. The molecule has 5 nitrogen and oxygen atoms in total. The van der Waals surface area contributed by atoms with Gasteiger partial charge in [0, 0.05) is 12.0 Å². The Kier molecular flexibility index (Phi) is 11.0. The van der Waals surface area contributed by atoms with Gasteiger partial charge in [-0.2, -0.15) is 0 Å². The molecule has 0 bridgehead atoms. The van der Waals surface area contributed by atoms with E-state index in [0.29, 0.717) is 46.2 Å². The zero-order valence-electron chi connectivity index (χ0n) is 12.3. The summed E-state index contributed by atoms with van der Waals surface area (Å²) in [6.45, 7) is 3.87. The molecule has 0 spiro atoms. The van der Waals surface area contributed by atoms with Crippen molar-refractivity contribution < 1.29 is 24.1 Å². The minimum Gasteiger partial charge on any atom is -0.384 e. The highest BCUT2D eigenvalue weighted by Gasteiger charge is 1.98. The second kappa shape index (κ2) is 12.8. The first-order valence-electron chi connectivity index (χ1n) is 6.77. The van der Waals surface area contributed by atoms with Crippen molar-refractivity contribution in [3.8, 4) is 11.8 Å². The standard InChI is InChI=1S/C15H22O5S/c1-17-7-8-18-9-10-19-11-12-20-13-15-5-4-14(21-15)3-2-6-16/h4-5,16H,6-13H2,1H3. The molecule has 0 aromatic carbocycles. The molecular weight excluding hydrogens is 292 g/mol. The summed E-state index contributed by atoms with van der Waals surface area (Å²) in [5, 5.41) is 8.62. The summed E-state index contributed by atoms with van der Waals surface area (Å²) >= 11 is 1.57. The predicted octanol–water partition coefficient (Wildman–Crippen LogP) is 1.29. The largest absolute Gasteiger partial charge is 0.384 e. The lowest BCUT2D eigenvalue weighted by atomic mass is 10.4. The minimum absolute atomic E-state index is 0.115. The first kappa shape index (κ1) is 18.1. The zero-order chi connectivity index (χ0) is 15.2. The van der Waals surface area contributed by atoms with E-state index in [0.717, 1.165) is 9.75 Å². The van der Waals surface area contributed by atoms with Gasteiger partial charge in [0.25, 0.3) is 0 Å². The molecule has 0 atom stereocenters. The molecule has 0 saturated carbocycles. The Hall–Kier alpha value is -0.940. The summed E-state index contributed by atoms with van der Waals surface area (Å²) in [6.07, 6.45) is 0. The van der Waals surface area contributed by atoms with E-state index in [1.165, 1.54) is 0 Å². The summed E-state index contributed by atoms with van der Waals surface area (Å²) in [5.74, 6) is 5.49. The van der Waals surface area contributed by atoms with Gasteiger partial charge >= 0.3 is 0 Å². The van der Waals surface area contributed by atoms with Gasteiger partial charge in [-0.25, -0.2) is 0 Å². The number of hydrogen-bond acceptors (Lipinski definition) is 6. The van der Waals surface area contributed by atoms with Crippen molar-refractivity contribution in [3.05, 3.63) is 21.9 Å². The quantitative estimate of drug-likeness (QED) is 0.493. The molecule has 1 heterocycles. The van der Waals surface area contributed by atoms with Crippen LogP contribution >= 0.6 is 11.3 Å². The maximum atomic E-state index is 8.62. The van der Waals surface area contributed by atoms with E-state index in [1.54, 1.807) is 18.4 Å². The number of hydrogen-bond donors (Lipinski definition) is 1. The SMILES string of the molecule is COCCOCCOCCOCc1ccc(C#CCO)s1. The maximum absolute atomic E-state index is 8.62. The predicted molar refractivity (Wildman–Crippen MR) is 81.5 cm³/mol. The molecule has 6 heteroatoms. The summed E-state index contributed by atoms with van der Waals surface area (Å²) in [6, 6.07) is 3.91. The lowest BCUT2D eigenvalue weighted by molar-refractivity contribution is 0.00120. The second-order valence-corrected chi connectivity index (χ2v) is 5.16. The van der Waals surface area contributed by atoms with Crippen LogP contribution in [0.4, 0.5) is 0 Å². The van der Waals surface area contributed by atoms with E-state index >= 15 is 0 Å². The molecule has 0 saturated heterocycles. The van der Waals surface area contributed by atoms with E-state index in [4.69, 9.17) is 24.1 Å². The molecule has 1 aromatic rings. The van der Waals surface area contributed by atoms with Crippen LogP contribution in [0.1, 0.15) is 9.75 Å². The number of aliphatic hydroxyl groups is 1. The molecule has 1 aromatic heterocycles. The van der Waals surface area contributed by atoms with Gasteiger partial charge in [0.15, 0.2) is 0 Å². The van der Waals surface area contributed by atoms with Crippen molar-refractivity contribution in [2.75, 3.05) is 53.4 Å². The van der Waals surface area contributed by atoms with Gasteiger partial charge in [0.2, 0.25) is 0 Å². The Labute approximate surface area is 129 Å². The highest BCUT2D eigenvalue weighted by Crippen LogP contribution is 2.16. The summed E-state index contributed by atoms with van der Waals surface area (Å²) < 4.78 is 21.0. The van der Waals surface area contributed by atoms with Crippen molar-refractivity contribution in [3.63, 3.8) is 0 Å². The molecule has 1 rings (SSSR count). The average molecular weight is 314 g/mol. The van der Waals surface area contributed by atoms with Crippen molar-refractivity contribution >= 4 is 11.3 Å². The molecule has 0 aliphatic carbocycles. The smallest absolute Gasteiger partial charge is 0.104 e. The van der Waals surface area contributed by atoms with Crippen LogP contribution in [-0.4, -0.2) is 58.5 Å². The molecule has 0 unspecified atom stereocenters. The van der Waals surface area contributed by atoms with Crippen molar-refractivity contribution in [1.29, 1.82) is 0 Å². The molecule has 118 valence electrons. The fraction of sp³-hybridized carbons (Fsp3) is 0.600. The number of methoxy groups -OCH3 is 1. The molecule has 0 radical (unpaired) electrons. The second-order valence-electron chi connectivity index (χ2n) is 4.00. The van der Waals surface area contributed by atoms with Gasteiger partial charge < -0.3 is 24.1 Å². The van der Waals surface area contributed by atoms with Crippen molar-refractivity contribution in [2.45, 2.75) is 6.61 Å². The van der Waals surface area contributed by atoms with Crippen molar-refractivity contribution in [1.82, 2.24) is 0 Å². The number of ether oxygens (including phenoxy) is 4. The summed E-state index contributed by atoms with van der Waals surface area (Å²) in [5.41, 5.74) is 0. The monoisotopic (exact) mass is 314 g/mol. The van der Waals surface area contributed by atoms with Gasteiger partial charge in [-0.05, 0) is 12.1 Å². The molecule has 1 N–H and O–H groups in total. The Bertz CT molecular complexity index is 421. The molecule has 0 amide bonds. The van der Waals surface area contributed by atoms with Gasteiger partial charge in [-0.15, -0.1) is 11.3 Å². The van der Waals surface area contributed by atoms with E-state index in [1.807, 2.05) is 12.1 Å². The van der Waals surface area contributed by atoms with E-state index in [-0.39, 0.29) is 6.61 Å². The highest BCUT2D eigenvalue weighted by molar-refractivity contribution is 7.12. The van der Waals surface area contributed by atoms with Crippen LogP contribution in [0.2, 0.25) is 0 Å². The Balaban J connectivity index is 1.95. The van der Waals surface area contributed by atoms with E-state index in [2.05, 4.69) is 11.8 Å². The fourth-order valence-corrected chi connectivity index (χ4v) is 2.22. The van der Waals surface area contributed by atoms with Crippen LogP contribution in [0.15, 0.2) is 12.1 Å². The molecule has 0 aliphatic heterocycles. The average Bonchev–Trinajstić information content (AvgIpc) is 2.95. The Morgan fingerprint density at radius 1 is 1.00 bits per heavy atom. The first-order valence-corrected chi connectivity index (χ1v) is 7.59. The van der Waals surface area contributed by atoms with Gasteiger partial charge in [0.05, 0.1) is 51.1 Å². The first-order chi connectivity index (χ1) is 10.4. The normalized spacial score (nSPS) is 10.4. The van der Waals surface area contributed by atoms with Crippen LogP contribution in [-0.2, 0) is 25.6 Å². The summed E-state index contributed by atoms with van der Waals surface area (Å²) in [7, 11) is 1.65. The van der Waals surface area contributed by atoms with Crippen LogP contribution in [0.5, 0.6) is 0 Å². The lowest BCUT2D eigenvalue weighted by Gasteiger charge is -2.06. The van der Waals surface area contributed by atoms with Crippen LogP contribution in [0.25, 0.3) is 0 Å². The van der Waals surface area contributed by atoms with Crippen molar-refractivity contribution in [2.24, 2.45) is 0 Å². The van der Waals surface area contributed by atoms with Gasteiger partial charge in [-0.1, -0.05) is 11.8 Å². The third-order valence-electron chi connectivity index (χ3n) is 2.37. The van der Waals surface area contributed by atoms with Crippen LogP contribution in [0.3, 0.4) is 0 Å². The highest BCUT2D eigenvalue weighted by atomic mass is 32.1. The Morgan fingerprint density at radius 3 is 2.33 bits per heavy atom. The topological polar surface area (TPSA) is 57.2 Å². The van der Waals surface area contributed by atoms with E-state index in [9.17, 15) is 0 Å². The maximum Gasteiger partial charge on any atom is 0.104 e. The molecular formula is C15H22O5S. The zero-order valence-corrected chi connectivity index (χ0v) is 13.1. The Morgan fingerprint density at radius 2 is 1.67 bits per heavy atom. The van der Waals surface area contributed by atoms with Gasteiger partial charge in [0.1, 0.15) is 6.61 Å². The molecule has 21 heavy (non-hydrogen) atoms. The number of aliphatic hydroxyl groups excluding tert-OH is 1. The third-order valence-corrected chi connectivity index (χ3v) is 3.35. The lowest BCUT2D eigenvalue weighted by Crippen LogP contribution is -2.11. The van der Waals surface area contributed by atoms with Crippen LogP contribution < -0.4 is 0 Å². The minimum atomic E-state index is -0.115. The number of thiophene rings is 1. The molecule has 0 fully saturated rings. The van der Waals surface area contributed by atoms with E-state index < -0.39 is 0 Å². The number of rotatable bonds is 11. The van der Waals surface area contributed by atoms with Gasteiger partial charge in [-0.3, -0.25) is 0 Å².